The fourth-order valence-corrected chi connectivity index (χ4v) is 4.96. The quantitative estimate of drug-likeness (QED) is 0.726. The first-order valence-electron chi connectivity index (χ1n) is 5.27. The predicted octanol–water partition coefficient (Wildman–Crippen LogP) is 3.74. The van der Waals surface area contributed by atoms with Gasteiger partial charge >= 0.3 is 0 Å². The average Bonchev–Trinajstić information content (AvgIpc) is 2.84. The van der Waals surface area contributed by atoms with Gasteiger partial charge in [-0.25, -0.2) is 12.8 Å². The number of anilines is 1. The number of halogens is 3. The van der Waals surface area contributed by atoms with Gasteiger partial charge in [-0.1, -0.05) is 23.8 Å². The highest BCUT2D eigenvalue weighted by molar-refractivity contribution is 9.10. The molecule has 112 valence electrons. The maximum atomic E-state index is 13.1. The van der Waals surface area contributed by atoms with Crippen LogP contribution in [0.2, 0.25) is 5.02 Å². The van der Waals surface area contributed by atoms with E-state index in [1.165, 1.54) is 12.1 Å². The third-order valence-corrected chi connectivity index (χ3v) is 6.57. The number of nitrogens with two attached hydrogens (primary N) is 1. The maximum absolute atomic E-state index is 13.1. The van der Waals surface area contributed by atoms with Gasteiger partial charge in [0.05, 0.1) is 15.6 Å². The molecule has 1 aromatic heterocycles. The van der Waals surface area contributed by atoms with Crippen molar-refractivity contribution in [3.05, 3.63) is 44.5 Å². The summed E-state index contributed by atoms with van der Waals surface area (Å²) in [4.78, 5) is 0.595. The lowest BCUT2D eigenvalue weighted by Crippen LogP contribution is -2.12. The summed E-state index contributed by atoms with van der Waals surface area (Å²) in [6.07, 6.45) is 0. The monoisotopic (exact) mass is 428 g/mol. The predicted molar refractivity (Wildman–Crippen MR) is 90.1 cm³/mol. The molecule has 0 amide bonds. The standard InChI is InChI=1S/C11H7BrClFN2O2S3/c12-6-3-5(14)4-7(13)10(6)16-21(17,18)9-2-1-8(20-9)11(15)19/h1-4,16H,(H2,15,19). The molecule has 1 heterocycles. The highest BCUT2D eigenvalue weighted by atomic mass is 79.9. The normalized spacial score (nSPS) is 11.4. The summed E-state index contributed by atoms with van der Waals surface area (Å²) in [5.41, 5.74) is 5.50. The second-order valence-electron chi connectivity index (χ2n) is 3.83. The Morgan fingerprint density at radius 3 is 2.62 bits per heavy atom. The number of thiocarbonyl (C=S) groups is 1. The molecule has 0 atom stereocenters. The zero-order chi connectivity index (χ0) is 15.8. The molecule has 3 N–H and O–H groups in total. The first-order valence-corrected chi connectivity index (χ1v) is 9.15. The zero-order valence-electron chi connectivity index (χ0n) is 10.1. The molecule has 4 nitrogen and oxygen atoms in total. The summed E-state index contributed by atoms with van der Waals surface area (Å²) < 4.78 is 40.2. The summed E-state index contributed by atoms with van der Waals surface area (Å²) in [7, 11) is -3.87. The largest absolute Gasteiger partial charge is 0.389 e. The Hall–Kier alpha value is -0.740. The van der Waals surface area contributed by atoms with Crippen LogP contribution < -0.4 is 10.5 Å². The van der Waals surface area contributed by atoms with Gasteiger partial charge in [-0.3, -0.25) is 4.72 Å². The van der Waals surface area contributed by atoms with Crippen LogP contribution in [0, 0.1) is 5.82 Å². The van der Waals surface area contributed by atoms with E-state index in [4.69, 9.17) is 29.6 Å². The molecule has 0 aliphatic carbocycles. The van der Waals surface area contributed by atoms with Crippen LogP contribution in [0.4, 0.5) is 10.1 Å². The second-order valence-corrected chi connectivity index (χ2v) is 8.53. The van der Waals surface area contributed by atoms with Crippen molar-refractivity contribution in [1.82, 2.24) is 0 Å². The van der Waals surface area contributed by atoms with Crippen LogP contribution in [0.3, 0.4) is 0 Å². The third kappa shape index (κ3) is 3.72. The number of rotatable bonds is 4. The van der Waals surface area contributed by atoms with Gasteiger partial charge in [0.2, 0.25) is 0 Å². The van der Waals surface area contributed by atoms with E-state index >= 15 is 0 Å². The van der Waals surface area contributed by atoms with Gasteiger partial charge in [0, 0.05) is 4.47 Å². The summed E-state index contributed by atoms with van der Waals surface area (Å²) >= 11 is 14.6. The summed E-state index contributed by atoms with van der Waals surface area (Å²) in [6, 6.07) is 5.02. The number of nitrogens with one attached hydrogen (secondary N) is 1. The molecule has 2 aromatic rings. The summed E-state index contributed by atoms with van der Waals surface area (Å²) in [6.45, 7) is 0. The maximum Gasteiger partial charge on any atom is 0.271 e. The third-order valence-electron chi connectivity index (χ3n) is 2.33. The molecule has 0 aliphatic rings. The Morgan fingerprint density at radius 1 is 1.43 bits per heavy atom. The molecular weight excluding hydrogens is 423 g/mol. The van der Waals surface area contributed by atoms with Gasteiger partial charge in [0.15, 0.2) is 0 Å². The molecular formula is C11H7BrClFN2O2S3. The number of hydrogen-bond donors (Lipinski definition) is 2. The molecule has 0 saturated carbocycles. The fraction of sp³-hybridized carbons (Fsp3) is 0. The number of thiophene rings is 1. The molecule has 0 radical (unpaired) electrons. The fourth-order valence-electron chi connectivity index (χ4n) is 1.42. The molecule has 0 fully saturated rings. The number of sulfonamides is 1. The molecule has 0 aliphatic heterocycles. The van der Waals surface area contributed by atoms with Gasteiger partial charge in [0.25, 0.3) is 10.0 Å². The van der Waals surface area contributed by atoms with Crippen LogP contribution in [0.25, 0.3) is 0 Å². The first kappa shape index (κ1) is 16.6. The van der Waals surface area contributed by atoms with Gasteiger partial charge in [0.1, 0.15) is 15.0 Å². The first-order chi connectivity index (χ1) is 9.70. The van der Waals surface area contributed by atoms with Gasteiger partial charge in [-0.15, -0.1) is 11.3 Å². The lowest BCUT2D eigenvalue weighted by atomic mass is 10.3. The van der Waals surface area contributed by atoms with Crippen LogP contribution in [0.5, 0.6) is 0 Å². The van der Waals surface area contributed by atoms with E-state index < -0.39 is 15.8 Å². The highest BCUT2D eigenvalue weighted by Gasteiger charge is 2.20. The van der Waals surface area contributed by atoms with Crippen molar-refractivity contribution in [2.45, 2.75) is 4.21 Å². The van der Waals surface area contributed by atoms with E-state index in [0.717, 1.165) is 23.5 Å². The van der Waals surface area contributed by atoms with E-state index in [2.05, 4.69) is 20.7 Å². The van der Waals surface area contributed by atoms with Crippen molar-refractivity contribution in [1.29, 1.82) is 0 Å². The average molecular weight is 430 g/mol. The van der Waals surface area contributed by atoms with Crippen LogP contribution in [0.15, 0.2) is 32.9 Å². The van der Waals surface area contributed by atoms with Crippen molar-refractivity contribution in [2.24, 2.45) is 5.73 Å². The zero-order valence-corrected chi connectivity index (χ0v) is 14.9. The van der Waals surface area contributed by atoms with Gasteiger partial charge in [-0.2, -0.15) is 0 Å². The molecule has 2 rings (SSSR count). The van der Waals surface area contributed by atoms with Gasteiger partial charge < -0.3 is 5.73 Å². The SMILES string of the molecule is NC(=S)c1ccc(S(=O)(=O)Nc2c(Cl)cc(F)cc2Br)s1. The van der Waals surface area contributed by atoms with Crippen LogP contribution >= 0.6 is 51.1 Å². The number of hydrogen-bond acceptors (Lipinski definition) is 4. The molecule has 21 heavy (non-hydrogen) atoms. The lowest BCUT2D eigenvalue weighted by Gasteiger charge is -2.10. The van der Waals surface area contributed by atoms with E-state index in [-0.39, 0.29) is 24.4 Å². The Morgan fingerprint density at radius 2 is 2.10 bits per heavy atom. The Labute approximate surface area is 143 Å². The minimum Gasteiger partial charge on any atom is -0.389 e. The van der Waals surface area contributed by atoms with Crippen molar-refractivity contribution < 1.29 is 12.8 Å². The smallest absolute Gasteiger partial charge is 0.271 e. The second kappa shape index (κ2) is 6.17. The summed E-state index contributed by atoms with van der Waals surface area (Å²) in [5.74, 6) is -0.582. The van der Waals surface area contributed by atoms with Crippen molar-refractivity contribution in [2.75, 3.05) is 4.72 Å². The van der Waals surface area contributed by atoms with Crippen LogP contribution in [-0.2, 0) is 10.0 Å². The minimum absolute atomic E-state index is 0.0255. The van der Waals surface area contributed by atoms with Gasteiger partial charge in [-0.05, 0) is 40.2 Å². The van der Waals surface area contributed by atoms with Crippen molar-refractivity contribution in [3.8, 4) is 0 Å². The molecule has 10 heteroatoms. The van der Waals surface area contributed by atoms with Crippen LogP contribution in [-0.4, -0.2) is 13.4 Å². The highest BCUT2D eigenvalue weighted by Crippen LogP contribution is 2.34. The number of benzene rings is 1. The molecule has 0 spiro atoms. The Balaban J connectivity index is 2.40. The van der Waals surface area contributed by atoms with E-state index in [0.29, 0.717) is 4.88 Å². The molecule has 0 bridgehead atoms. The van der Waals surface area contributed by atoms with Crippen molar-refractivity contribution in [3.63, 3.8) is 0 Å². The molecule has 1 aromatic carbocycles. The van der Waals surface area contributed by atoms with Crippen molar-refractivity contribution >= 4 is 71.8 Å². The van der Waals surface area contributed by atoms with E-state index in [1.807, 2.05) is 0 Å². The Bertz CT molecular complexity index is 800. The topological polar surface area (TPSA) is 72.2 Å². The molecule has 0 saturated heterocycles. The molecule has 0 unspecified atom stereocenters. The van der Waals surface area contributed by atoms with Crippen LogP contribution in [0.1, 0.15) is 4.88 Å². The summed E-state index contributed by atoms with van der Waals surface area (Å²) in [5, 5.41) is -0.0587. The Kier molecular flexibility index (Phi) is 4.89. The lowest BCUT2D eigenvalue weighted by molar-refractivity contribution is 0.603. The van der Waals surface area contributed by atoms with E-state index in [1.54, 1.807) is 0 Å². The minimum atomic E-state index is -3.87. The van der Waals surface area contributed by atoms with E-state index in [9.17, 15) is 12.8 Å².